The van der Waals surface area contributed by atoms with E-state index >= 15 is 0 Å². The Morgan fingerprint density at radius 3 is 2.69 bits per heavy atom. The minimum Gasteiger partial charge on any atom is -0.382 e. The molecule has 0 spiro atoms. The first-order valence-electron chi connectivity index (χ1n) is 13.9. The van der Waals surface area contributed by atoms with Crippen LogP contribution < -0.4 is 10.6 Å². The first kappa shape index (κ1) is 29.5. The number of likely N-dealkylation sites (tertiary alicyclic amines) is 1. The molecule has 3 rings (SSSR count). The maximum absolute atomic E-state index is 13.4. The molecule has 1 saturated carbocycles. The van der Waals surface area contributed by atoms with Gasteiger partial charge in [0.05, 0.1) is 16.1 Å². The molecule has 3 unspecified atom stereocenters. The van der Waals surface area contributed by atoms with Gasteiger partial charge < -0.3 is 25.0 Å². The summed E-state index contributed by atoms with van der Waals surface area (Å²) >= 11 is 13.0. The third kappa shape index (κ3) is 9.05. The number of likely N-dealkylation sites (N-methyl/N-ethyl adjacent to an activating group) is 1. The van der Waals surface area contributed by atoms with E-state index in [1.165, 1.54) is 32.1 Å². The second-order valence-corrected chi connectivity index (χ2v) is 11.1. The lowest BCUT2D eigenvalue weighted by atomic mass is 9.85. The zero-order chi connectivity index (χ0) is 25.8. The van der Waals surface area contributed by atoms with Gasteiger partial charge in [-0.3, -0.25) is 0 Å². The van der Waals surface area contributed by atoms with Crippen LogP contribution in [0, 0.1) is 11.8 Å². The first-order chi connectivity index (χ1) is 17.5. The third-order valence-electron chi connectivity index (χ3n) is 7.52. The molecule has 0 radical (unpaired) electrons. The Bertz CT molecular complexity index is 791. The zero-order valence-electron chi connectivity index (χ0n) is 22.1. The second-order valence-electron chi connectivity index (χ2n) is 10.3. The molecule has 2 amide bonds. The minimum absolute atomic E-state index is 0.0306. The maximum atomic E-state index is 13.4. The van der Waals surface area contributed by atoms with Crippen LogP contribution in [0.4, 0.5) is 4.79 Å². The number of nitrogens with one attached hydrogen (secondary N) is 2. The van der Waals surface area contributed by atoms with Gasteiger partial charge in [-0.25, -0.2) is 4.79 Å². The van der Waals surface area contributed by atoms with Crippen LogP contribution in [0.25, 0.3) is 0 Å². The van der Waals surface area contributed by atoms with Gasteiger partial charge in [0.15, 0.2) is 0 Å². The van der Waals surface area contributed by atoms with Crippen molar-refractivity contribution in [3.63, 3.8) is 0 Å². The molecule has 2 aliphatic rings. The Hall–Kier alpha value is -1.05. The summed E-state index contributed by atoms with van der Waals surface area (Å²) in [6.45, 7) is 6.13. The van der Waals surface area contributed by atoms with E-state index in [1.54, 1.807) is 6.07 Å². The van der Waals surface area contributed by atoms with Gasteiger partial charge >= 0.3 is 6.03 Å². The van der Waals surface area contributed by atoms with Crippen molar-refractivity contribution in [1.29, 1.82) is 0 Å². The van der Waals surface area contributed by atoms with E-state index in [1.807, 2.05) is 31.0 Å². The molecule has 1 aromatic carbocycles. The number of hydrogen-bond donors (Lipinski definition) is 2. The average Bonchev–Trinajstić information content (AvgIpc) is 2.89. The summed E-state index contributed by atoms with van der Waals surface area (Å²) in [5.74, 6) is 0.861. The molecule has 1 aliphatic heterocycles. The predicted molar refractivity (Wildman–Crippen MR) is 148 cm³/mol. The van der Waals surface area contributed by atoms with E-state index in [2.05, 4.69) is 10.6 Å². The second kappa shape index (κ2) is 16.0. The standard InChI is InChI=1S/C28H45Cl2N3O3/c1-3-35-16-9-17-36-27(24-13-7-14-25(29)26(24)30)22-12-8-15-33(20-22)28(34)32-23(19-31-2)18-21-10-5-4-6-11-21/h7,13-14,21-23,27,31H,3-6,8-12,15-20H2,1-2H3,(H,32,34). The molecule has 36 heavy (non-hydrogen) atoms. The summed E-state index contributed by atoms with van der Waals surface area (Å²) in [6, 6.07) is 5.89. The Morgan fingerprint density at radius 2 is 1.94 bits per heavy atom. The molecule has 0 bridgehead atoms. The van der Waals surface area contributed by atoms with Crippen molar-refractivity contribution in [2.45, 2.75) is 76.9 Å². The van der Waals surface area contributed by atoms with Crippen LogP contribution >= 0.6 is 23.2 Å². The number of carbonyl (C=O) groups excluding carboxylic acids is 1. The van der Waals surface area contributed by atoms with Crippen molar-refractivity contribution in [1.82, 2.24) is 15.5 Å². The third-order valence-corrected chi connectivity index (χ3v) is 8.35. The van der Waals surface area contributed by atoms with E-state index in [-0.39, 0.29) is 24.1 Å². The van der Waals surface area contributed by atoms with Crippen LogP contribution in [-0.2, 0) is 9.47 Å². The number of ether oxygens (including phenoxy) is 2. The van der Waals surface area contributed by atoms with Crippen LogP contribution in [0.3, 0.4) is 0 Å². The molecule has 204 valence electrons. The summed E-state index contributed by atoms with van der Waals surface area (Å²) in [5.41, 5.74) is 0.901. The number of amides is 2. The number of rotatable bonds is 13. The van der Waals surface area contributed by atoms with Gasteiger partial charge in [-0.2, -0.15) is 0 Å². The molecule has 1 saturated heterocycles. The van der Waals surface area contributed by atoms with Crippen LogP contribution in [0.2, 0.25) is 10.0 Å². The van der Waals surface area contributed by atoms with Gasteiger partial charge in [-0.15, -0.1) is 0 Å². The van der Waals surface area contributed by atoms with Gasteiger partial charge in [0.2, 0.25) is 0 Å². The molecular formula is C28H45Cl2N3O3. The van der Waals surface area contributed by atoms with Crippen molar-refractivity contribution in [3.8, 4) is 0 Å². The van der Waals surface area contributed by atoms with Gasteiger partial charge in [0, 0.05) is 57.0 Å². The van der Waals surface area contributed by atoms with Gasteiger partial charge in [0.25, 0.3) is 0 Å². The molecular weight excluding hydrogens is 497 g/mol. The quantitative estimate of drug-likeness (QED) is 0.281. The normalized spacial score (nSPS) is 20.8. The number of nitrogens with zero attached hydrogens (tertiary/aromatic N) is 1. The smallest absolute Gasteiger partial charge is 0.317 e. The van der Waals surface area contributed by atoms with E-state index in [0.717, 1.165) is 44.3 Å². The molecule has 8 heteroatoms. The summed E-state index contributed by atoms with van der Waals surface area (Å²) < 4.78 is 11.9. The zero-order valence-corrected chi connectivity index (χ0v) is 23.6. The number of halogens is 2. The molecule has 1 aliphatic carbocycles. The first-order valence-corrected chi connectivity index (χ1v) is 14.6. The minimum atomic E-state index is -0.219. The molecule has 1 aromatic rings. The fourth-order valence-electron chi connectivity index (χ4n) is 5.71. The van der Waals surface area contributed by atoms with Crippen LogP contribution in [0.15, 0.2) is 18.2 Å². The molecule has 3 atom stereocenters. The molecule has 2 N–H and O–H groups in total. The lowest BCUT2D eigenvalue weighted by Crippen LogP contribution is -2.52. The Balaban J connectivity index is 1.65. The Labute approximate surface area is 227 Å². The lowest BCUT2D eigenvalue weighted by Gasteiger charge is -2.38. The van der Waals surface area contributed by atoms with E-state index in [4.69, 9.17) is 32.7 Å². The maximum Gasteiger partial charge on any atom is 0.317 e. The number of benzene rings is 1. The van der Waals surface area contributed by atoms with Crippen molar-refractivity contribution in [3.05, 3.63) is 33.8 Å². The molecule has 0 aromatic heterocycles. The lowest BCUT2D eigenvalue weighted by molar-refractivity contribution is -0.0184. The molecule has 6 nitrogen and oxygen atoms in total. The largest absolute Gasteiger partial charge is 0.382 e. The highest BCUT2D eigenvalue weighted by Crippen LogP contribution is 2.39. The average molecular weight is 543 g/mol. The van der Waals surface area contributed by atoms with Crippen LogP contribution in [-0.4, -0.2) is 63.5 Å². The monoisotopic (exact) mass is 541 g/mol. The van der Waals surface area contributed by atoms with Crippen molar-refractivity contribution in [2.24, 2.45) is 11.8 Å². The summed E-state index contributed by atoms with van der Waals surface area (Å²) in [5, 5.41) is 7.68. The van der Waals surface area contributed by atoms with E-state index < -0.39 is 0 Å². The van der Waals surface area contributed by atoms with Gasteiger partial charge in [0.1, 0.15) is 0 Å². The van der Waals surface area contributed by atoms with Crippen molar-refractivity contribution < 1.29 is 14.3 Å². The Kier molecular flexibility index (Phi) is 13.1. The molecule has 2 fully saturated rings. The number of hydrogen-bond acceptors (Lipinski definition) is 4. The highest BCUT2D eigenvalue weighted by molar-refractivity contribution is 6.42. The van der Waals surface area contributed by atoms with Crippen molar-refractivity contribution in [2.75, 3.05) is 46.5 Å². The fourth-order valence-corrected chi connectivity index (χ4v) is 6.12. The van der Waals surface area contributed by atoms with Crippen molar-refractivity contribution >= 4 is 29.2 Å². The van der Waals surface area contributed by atoms with E-state index in [0.29, 0.717) is 42.3 Å². The molecule has 1 heterocycles. The van der Waals surface area contributed by atoms with Gasteiger partial charge in [-0.1, -0.05) is 67.4 Å². The number of piperidine rings is 1. The summed E-state index contributed by atoms with van der Waals surface area (Å²) in [7, 11) is 1.96. The predicted octanol–water partition coefficient (Wildman–Crippen LogP) is 6.46. The number of carbonyl (C=O) groups is 1. The van der Waals surface area contributed by atoms with Crippen LogP contribution in [0.1, 0.15) is 76.4 Å². The Morgan fingerprint density at radius 1 is 1.14 bits per heavy atom. The van der Waals surface area contributed by atoms with E-state index in [9.17, 15) is 4.79 Å². The van der Waals surface area contributed by atoms with Crippen LogP contribution in [0.5, 0.6) is 0 Å². The fraction of sp³-hybridized carbons (Fsp3) is 0.750. The van der Waals surface area contributed by atoms with Gasteiger partial charge in [-0.05, 0) is 51.6 Å². The summed E-state index contributed by atoms with van der Waals surface area (Å²) in [4.78, 5) is 15.3. The SMILES string of the molecule is CCOCCCOC(c1cccc(Cl)c1Cl)C1CCCN(C(=O)NC(CNC)CC2CCCCC2)C1. The highest BCUT2D eigenvalue weighted by Gasteiger charge is 2.33. The summed E-state index contributed by atoms with van der Waals surface area (Å²) in [6.07, 6.45) is 10.1. The number of urea groups is 1. The topological polar surface area (TPSA) is 62.8 Å². The highest BCUT2D eigenvalue weighted by atomic mass is 35.5.